The number of hydrogen-bond acceptors (Lipinski definition) is 0. The summed E-state index contributed by atoms with van der Waals surface area (Å²) in [7, 11) is 0. The molecule has 1 fully saturated rings. The van der Waals surface area contributed by atoms with Crippen molar-refractivity contribution in [3.8, 4) is 0 Å². The smallest absolute Gasteiger partial charge is 0.129 e. The Balaban J connectivity index is 1.78. The average molecular weight is 331 g/mol. The van der Waals surface area contributed by atoms with Crippen LogP contribution in [0.15, 0.2) is 18.2 Å². The summed E-state index contributed by atoms with van der Waals surface area (Å²) >= 11 is 3.63. The lowest BCUT2D eigenvalue weighted by molar-refractivity contribution is 0.331. The highest BCUT2D eigenvalue weighted by Crippen LogP contribution is 2.29. The van der Waals surface area contributed by atoms with Crippen molar-refractivity contribution in [2.45, 2.75) is 56.2 Å². The standard InChI is InChI=1S/C16H21BrF2/c17-14(8-6-12-4-2-1-3-5-12)10-13-7-9-15(18)11-16(13)19/h7,9,11-12,14H,1-6,8,10H2. The van der Waals surface area contributed by atoms with Crippen LogP contribution in [0.2, 0.25) is 0 Å². The van der Waals surface area contributed by atoms with E-state index in [-0.39, 0.29) is 4.83 Å². The maximum Gasteiger partial charge on any atom is 0.129 e. The quantitative estimate of drug-likeness (QED) is 0.613. The molecule has 0 nitrogen and oxygen atoms in total. The molecular formula is C16H21BrF2. The van der Waals surface area contributed by atoms with Gasteiger partial charge in [0.1, 0.15) is 11.6 Å². The van der Waals surface area contributed by atoms with Crippen LogP contribution in [0, 0.1) is 17.6 Å². The van der Waals surface area contributed by atoms with E-state index in [4.69, 9.17) is 0 Å². The van der Waals surface area contributed by atoms with E-state index in [0.29, 0.717) is 12.0 Å². The van der Waals surface area contributed by atoms with Crippen molar-refractivity contribution in [3.63, 3.8) is 0 Å². The molecule has 0 aromatic heterocycles. The molecule has 0 aliphatic heterocycles. The van der Waals surface area contributed by atoms with Gasteiger partial charge in [-0.3, -0.25) is 0 Å². The molecule has 106 valence electrons. The van der Waals surface area contributed by atoms with Crippen LogP contribution in [0.4, 0.5) is 8.78 Å². The Labute approximate surface area is 122 Å². The fourth-order valence-corrected chi connectivity index (χ4v) is 3.53. The maximum absolute atomic E-state index is 13.5. The van der Waals surface area contributed by atoms with Crippen molar-refractivity contribution in [3.05, 3.63) is 35.4 Å². The number of benzene rings is 1. The van der Waals surface area contributed by atoms with Crippen molar-refractivity contribution in [2.24, 2.45) is 5.92 Å². The molecule has 1 atom stereocenters. The Morgan fingerprint density at radius 2 is 1.89 bits per heavy atom. The molecule has 19 heavy (non-hydrogen) atoms. The summed E-state index contributed by atoms with van der Waals surface area (Å²) in [4.78, 5) is 0.286. The van der Waals surface area contributed by atoms with Gasteiger partial charge in [0.25, 0.3) is 0 Å². The summed E-state index contributed by atoms with van der Waals surface area (Å²) < 4.78 is 26.4. The Kier molecular flexibility index (Phi) is 5.80. The Hall–Kier alpha value is -0.440. The molecule has 1 aromatic rings. The predicted octanol–water partition coefficient (Wildman–Crippen LogP) is 5.63. The molecule has 2 rings (SSSR count). The summed E-state index contributed by atoms with van der Waals surface area (Å²) in [6, 6.07) is 3.86. The highest BCUT2D eigenvalue weighted by Gasteiger charge is 2.16. The van der Waals surface area contributed by atoms with Crippen molar-refractivity contribution >= 4 is 15.9 Å². The molecule has 3 heteroatoms. The van der Waals surface area contributed by atoms with Crippen LogP contribution in [0.3, 0.4) is 0 Å². The summed E-state index contributed by atoms with van der Waals surface area (Å²) in [6.45, 7) is 0. The summed E-state index contributed by atoms with van der Waals surface area (Å²) in [5.41, 5.74) is 0.604. The molecule has 1 aliphatic carbocycles. The number of halogens is 3. The van der Waals surface area contributed by atoms with Crippen molar-refractivity contribution < 1.29 is 8.78 Å². The van der Waals surface area contributed by atoms with Crippen molar-refractivity contribution in [2.75, 3.05) is 0 Å². The second-order valence-electron chi connectivity index (χ2n) is 5.62. The molecule has 1 unspecified atom stereocenters. The van der Waals surface area contributed by atoms with Crippen LogP contribution in [0.5, 0.6) is 0 Å². The zero-order chi connectivity index (χ0) is 13.7. The predicted molar refractivity (Wildman–Crippen MR) is 78.6 cm³/mol. The van der Waals surface area contributed by atoms with Gasteiger partial charge in [-0.2, -0.15) is 0 Å². The first kappa shape index (κ1) is 15.0. The second-order valence-corrected chi connectivity index (χ2v) is 6.91. The number of hydrogen-bond donors (Lipinski definition) is 0. The van der Waals surface area contributed by atoms with E-state index in [1.54, 1.807) is 6.07 Å². The third kappa shape index (κ3) is 4.87. The van der Waals surface area contributed by atoms with E-state index in [1.165, 1.54) is 44.6 Å². The number of rotatable bonds is 5. The fraction of sp³-hybridized carbons (Fsp3) is 0.625. The molecule has 0 heterocycles. The first-order chi connectivity index (χ1) is 9.15. The summed E-state index contributed by atoms with van der Waals surface area (Å²) in [5.74, 6) is -0.0800. The van der Waals surface area contributed by atoms with Crippen molar-refractivity contribution in [1.82, 2.24) is 0 Å². The van der Waals surface area contributed by atoms with Gasteiger partial charge in [-0.15, -0.1) is 0 Å². The highest BCUT2D eigenvalue weighted by molar-refractivity contribution is 9.09. The monoisotopic (exact) mass is 330 g/mol. The highest BCUT2D eigenvalue weighted by atomic mass is 79.9. The van der Waals surface area contributed by atoms with Gasteiger partial charge in [-0.25, -0.2) is 8.78 Å². The molecule has 0 saturated heterocycles. The molecule has 0 spiro atoms. The second kappa shape index (κ2) is 7.37. The zero-order valence-electron chi connectivity index (χ0n) is 11.2. The Morgan fingerprint density at radius 1 is 1.16 bits per heavy atom. The normalized spacial score (nSPS) is 18.5. The Morgan fingerprint density at radius 3 is 2.58 bits per heavy atom. The molecule has 1 aliphatic rings. The SMILES string of the molecule is Fc1ccc(CC(Br)CCC2CCCCC2)c(F)c1. The van der Waals surface area contributed by atoms with E-state index in [2.05, 4.69) is 15.9 Å². The van der Waals surface area contributed by atoms with Gasteiger partial charge in [-0.05, 0) is 36.8 Å². The lowest BCUT2D eigenvalue weighted by atomic mass is 9.85. The molecule has 0 bridgehead atoms. The molecular weight excluding hydrogens is 310 g/mol. The minimum absolute atomic E-state index is 0.286. The first-order valence-electron chi connectivity index (χ1n) is 7.23. The van der Waals surface area contributed by atoms with Gasteiger partial charge in [0.2, 0.25) is 0 Å². The third-order valence-corrected chi connectivity index (χ3v) is 4.85. The molecule has 0 amide bonds. The van der Waals surface area contributed by atoms with Gasteiger partial charge in [0, 0.05) is 10.9 Å². The number of alkyl halides is 1. The van der Waals surface area contributed by atoms with Crippen LogP contribution >= 0.6 is 15.9 Å². The van der Waals surface area contributed by atoms with E-state index in [0.717, 1.165) is 18.4 Å². The summed E-state index contributed by atoms with van der Waals surface area (Å²) in [5, 5.41) is 0. The minimum atomic E-state index is -0.505. The fourth-order valence-electron chi connectivity index (χ4n) is 2.92. The van der Waals surface area contributed by atoms with Crippen LogP contribution in [-0.4, -0.2) is 4.83 Å². The molecule has 1 saturated carbocycles. The third-order valence-electron chi connectivity index (χ3n) is 4.07. The molecule has 0 radical (unpaired) electrons. The average Bonchev–Trinajstić information content (AvgIpc) is 2.41. The largest absolute Gasteiger partial charge is 0.207 e. The van der Waals surface area contributed by atoms with E-state index in [9.17, 15) is 8.78 Å². The van der Waals surface area contributed by atoms with E-state index in [1.807, 2.05) is 0 Å². The van der Waals surface area contributed by atoms with Gasteiger partial charge < -0.3 is 0 Å². The van der Waals surface area contributed by atoms with Gasteiger partial charge in [0.15, 0.2) is 0 Å². The van der Waals surface area contributed by atoms with E-state index < -0.39 is 11.6 Å². The molecule has 0 N–H and O–H groups in total. The summed E-state index contributed by atoms with van der Waals surface area (Å²) in [6.07, 6.45) is 9.75. The van der Waals surface area contributed by atoms with Crippen LogP contribution in [0.25, 0.3) is 0 Å². The first-order valence-corrected chi connectivity index (χ1v) is 8.14. The topological polar surface area (TPSA) is 0 Å². The van der Waals surface area contributed by atoms with Crippen LogP contribution in [-0.2, 0) is 6.42 Å². The lowest BCUT2D eigenvalue weighted by Gasteiger charge is -2.22. The molecule has 1 aromatic carbocycles. The zero-order valence-corrected chi connectivity index (χ0v) is 12.8. The van der Waals surface area contributed by atoms with Crippen LogP contribution < -0.4 is 0 Å². The van der Waals surface area contributed by atoms with Gasteiger partial charge in [-0.1, -0.05) is 54.1 Å². The Bertz CT molecular complexity index is 400. The van der Waals surface area contributed by atoms with Crippen molar-refractivity contribution in [1.29, 1.82) is 0 Å². The van der Waals surface area contributed by atoms with E-state index >= 15 is 0 Å². The van der Waals surface area contributed by atoms with Crippen LogP contribution in [0.1, 0.15) is 50.5 Å². The van der Waals surface area contributed by atoms with Gasteiger partial charge >= 0.3 is 0 Å². The lowest BCUT2D eigenvalue weighted by Crippen LogP contribution is -2.11. The maximum atomic E-state index is 13.5. The van der Waals surface area contributed by atoms with Gasteiger partial charge in [0.05, 0.1) is 0 Å². The minimum Gasteiger partial charge on any atom is -0.207 e.